The summed E-state index contributed by atoms with van der Waals surface area (Å²) in [5.74, 6) is 0. The highest BCUT2D eigenvalue weighted by atomic mass is 32.1. The summed E-state index contributed by atoms with van der Waals surface area (Å²) in [5.41, 5.74) is 7.64. The fourth-order valence-corrected chi connectivity index (χ4v) is 2.55. The summed E-state index contributed by atoms with van der Waals surface area (Å²) in [6.07, 6.45) is 1.06. The molecule has 0 aliphatic rings. The molecule has 0 aliphatic carbocycles. The van der Waals surface area contributed by atoms with Crippen molar-refractivity contribution >= 4 is 22.7 Å². The number of hydrogen-bond acceptors (Lipinski definition) is 3. The zero-order chi connectivity index (χ0) is 11.4. The van der Waals surface area contributed by atoms with E-state index in [1.54, 1.807) is 11.3 Å². The van der Waals surface area contributed by atoms with Crippen LogP contribution in [0.15, 0.2) is 41.8 Å². The van der Waals surface area contributed by atoms with Gasteiger partial charge in [0.1, 0.15) is 0 Å². The largest absolute Gasteiger partial charge is 0.399 e. The zero-order valence-corrected chi connectivity index (χ0v) is 10.1. The number of hydrogen-bond donors (Lipinski definition) is 2. The van der Waals surface area contributed by atoms with Crippen molar-refractivity contribution in [3.8, 4) is 0 Å². The molecule has 0 radical (unpaired) electrons. The molecule has 0 bridgehead atoms. The third kappa shape index (κ3) is 2.55. The van der Waals surface area contributed by atoms with Crippen LogP contribution in [0.25, 0.3) is 0 Å². The molecule has 2 aromatic rings. The Morgan fingerprint density at radius 3 is 2.81 bits per heavy atom. The van der Waals surface area contributed by atoms with Gasteiger partial charge in [-0.1, -0.05) is 19.1 Å². The molecule has 1 aromatic carbocycles. The highest BCUT2D eigenvalue weighted by molar-refractivity contribution is 7.10. The average Bonchev–Trinajstić information content (AvgIpc) is 2.79. The Balaban J connectivity index is 2.13. The normalized spacial score (nSPS) is 12.3. The first-order valence-corrected chi connectivity index (χ1v) is 6.33. The Hall–Kier alpha value is -1.48. The smallest absolute Gasteiger partial charge is 0.0604 e. The third-order valence-corrected chi connectivity index (χ3v) is 3.51. The van der Waals surface area contributed by atoms with Gasteiger partial charge in [0.25, 0.3) is 0 Å². The minimum absolute atomic E-state index is 0.377. The maximum atomic E-state index is 5.76. The van der Waals surface area contributed by atoms with Crippen molar-refractivity contribution in [3.63, 3.8) is 0 Å². The van der Waals surface area contributed by atoms with E-state index >= 15 is 0 Å². The maximum Gasteiger partial charge on any atom is 0.0604 e. The first-order chi connectivity index (χ1) is 7.79. The molecule has 0 aliphatic heterocycles. The lowest BCUT2D eigenvalue weighted by molar-refractivity contribution is 0.764. The van der Waals surface area contributed by atoms with E-state index in [1.165, 1.54) is 4.88 Å². The summed E-state index contributed by atoms with van der Waals surface area (Å²) < 4.78 is 0. The lowest BCUT2D eigenvalue weighted by Crippen LogP contribution is -2.08. The number of nitrogens with two attached hydrogens (primary N) is 1. The lowest BCUT2D eigenvalue weighted by atomic mass is 10.1. The summed E-state index contributed by atoms with van der Waals surface area (Å²) in [4.78, 5) is 1.37. The molecule has 3 N–H and O–H groups in total. The topological polar surface area (TPSA) is 38.0 Å². The predicted molar refractivity (Wildman–Crippen MR) is 71.8 cm³/mol. The molecule has 2 rings (SSSR count). The number of nitrogens with one attached hydrogen (secondary N) is 1. The van der Waals surface area contributed by atoms with Crippen LogP contribution >= 0.6 is 11.3 Å². The van der Waals surface area contributed by atoms with E-state index in [0.717, 1.165) is 17.8 Å². The van der Waals surface area contributed by atoms with E-state index in [9.17, 15) is 0 Å². The monoisotopic (exact) mass is 232 g/mol. The minimum atomic E-state index is 0.377. The van der Waals surface area contributed by atoms with Crippen molar-refractivity contribution in [2.45, 2.75) is 19.4 Å². The predicted octanol–water partition coefficient (Wildman–Crippen LogP) is 3.89. The molecule has 0 fully saturated rings. The molecule has 16 heavy (non-hydrogen) atoms. The number of rotatable bonds is 4. The minimum Gasteiger partial charge on any atom is -0.399 e. The van der Waals surface area contributed by atoms with Crippen LogP contribution in [0.5, 0.6) is 0 Å². The van der Waals surface area contributed by atoms with Crippen LogP contribution < -0.4 is 11.1 Å². The summed E-state index contributed by atoms with van der Waals surface area (Å²) in [5, 5.41) is 5.61. The van der Waals surface area contributed by atoms with Gasteiger partial charge in [0.2, 0.25) is 0 Å². The van der Waals surface area contributed by atoms with E-state index in [2.05, 4.69) is 29.8 Å². The SMILES string of the molecule is CCC(Nc1cccc(N)c1)c1cccs1. The van der Waals surface area contributed by atoms with E-state index in [4.69, 9.17) is 5.73 Å². The van der Waals surface area contributed by atoms with Crippen LogP contribution in [0.3, 0.4) is 0 Å². The first kappa shape index (κ1) is 11.0. The van der Waals surface area contributed by atoms with Gasteiger partial charge in [-0.3, -0.25) is 0 Å². The summed E-state index contributed by atoms with van der Waals surface area (Å²) >= 11 is 1.79. The van der Waals surface area contributed by atoms with Crippen molar-refractivity contribution in [1.29, 1.82) is 0 Å². The maximum absolute atomic E-state index is 5.76. The van der Waals surface area contributed by atoms with Gasteiger partial charge < -0.3 is 11.1 Å². The van der Waals surface area contributed by atoms with Gasteiger partial charge in [0.05, 0.1) is 6.04 Å². The molecule has 1 unspecified atom stereocenters. The van der Waals surface area contributed by atoms with Crippen molar-refractivity contribution in [2.75, 3.05) is 11.1 Å². The van der Waals surface area contributed by atoms with E-state index in [0.29, 0.717) is 6.04 Å². The van der Waals surface area contributed by atoms with E-state index in [-0.39, 0.29) is 0 Å². The van der Waals surface area contributed by atoms with Gasteiger partial charge in [-0.2, -0.15) is 0 Å². The molecular weight excluding hydrogens is 216 g/mol. The van der Waals surface area contributed by atoms with Crippen LogP contribution in [-0.4, -0.2) is 0 Å². The third-order valence-electron chi connectivity index (χ3n) is 2.52. The second-order valence-corrected chi connectivity index (χ2v) is 4.73. The van der Waals surface area contributed by atoms with E-state index < -0.39 is 0 Å². The van der Waals surface area contributed by atoms with Gasteiger partial charge in [0.15, 0.2) is 0 Å². The molecule has 1 heterocycles. The van der Waals surface area contributed by atoms with Gasteiger partial charge in [-0.25, -0.2) is 0 Å². The van der Waals surface area contributed by atoms with Crippen molar-refractivity contribution < 1.29 is 0 Å². The van der Waals surface area contributed by atoms with Crippen molar-refractivity contribution in [3.05, 3.63) is 46.7 Å². The molecule has 0 saturated carbocycles. The number of anilines is 2. The van der Waals surface area contributed by atoms with Crippen LogP contribution in [0, 0.1) is 0 Å². The molecule has 2 nitrogen and oxygen atoms in total. The molecule has 1 aromatic heterocycles. The summed E-state index contributed by atoms with van der Waals surface area (Å²) in [6.45, 7) is 2.18. The molecule has 0 spiro atoms. The van der Waals surface area contributed by atoms with Gasteiger partial charge in [-0.05, 0) is 36.1 Å². The molecule has 3 heteroatoms. The molecule has 0 amide bonds. The van der Waals surface area contributed by atoms with Gasteiger partial charge in [0, 0.05) is 16.3 Å². The van der Waals surface area contributed by atoms with Crippen LogP contribution in [0.4, 0.5) is 11.4 Å². The van der Waals surface area contributed by atoms with Crippen LogP contribution in [0.1, 0.15) is 24.3 Å². The number of nitrogen functional groups attached to an aromatic ring is 1. The van der Waals surface area contributed by atoms with Crippen molar-refractivity contribution in [2.24, 2.45) is 0 Å². The zero-order valence-electron chi connectivity index (χ0n) is 9.31. The average molecular weight is 232 g/mol. The molecular formula is C13H16N2S. The quantitative estimate of drug-likeness (QED) is 0.785. The van der Waals surface area contributed by atoms with Crippen LogP contribution in [0.2, 0.25) is 0 Å². The molecule has 0 saturated heterocycles. The fraction of sp³-hybridized carbons (Fsp3) is 0.231. The summed E-state index contributed by atoms with van der Waals surface area (Å²) in [7, 11) is 0. The second kappa shape index (κ2) is 5.03. The highest BCUT2D eigenvalue weighted by Gasteiger charge is 2.09. The number of thiophene rings is 1. The van der Waals surface area contributed by atoms with E-state index in [1.807, 2.05) is 24.3 Å². The number of benzene rings is 1. The molecule has 1 atom stereocenters. The lowest BCUT2D eigenvalue weighted by Gasteiger charge is -2.17. The van der Waals surface area contributed by atoms with Crippen LogP contribution in [-0.2, 0) is 0 Å². The Morgan fingerprint density at radius 1 is 1.31 bits per heavy atom. The highest BCUT2D eigenvalue weighted by Crippen LogP contribution is 2.26. The Kier molecular flexibility index (Phi) is 3.47. The Labute approximate surface area is 100 Å². The Bertz CT molecular complexity index is 437. The fourth-order valence-electron chi connectivity index (χ4n) is 1.69. The van der Waals surface area contributed by atoms with Gasteiger partial charge >= 0.3 is 0 Å². The second-order valence-electron chi connectivity index (χ2n) is 3.75. The summed E-state index contributed by atoms with van der Waals surface area (Å²) in [6, 6.07) is 12.5. The first-order valence-electron chi connectivity index (χ1n) is 5.45. The molecule has 84 valence electrons. The van der Waals surface area contributed by atoms with Gasteiger partial charge in [-0.15, -0.1) is 11.3 Å². The Morgan fingerprint density at radius 2 is 2.19 bits per heavy atom. The van der Waals surface area contributed by atoms with Crippen molar-refractivity contribution in [1.82, 2.24) is 0 Å². The standard InChI is InChI=1S/C13H16N2S/c1-2-12(13-7-4-8-16-13)15-11-6-3-5-10(14)9-11/h3-9,12,15H,2,14H2,1H3.